The Morgan fingerprint density at radius 1 is 1.00 bits per heavy atom. The van der Waals surface area contributed by atoms with Crippen LogP contribution in [0.4, 0.5) is 5.69 Å². The number of aromatic nitrogens is 2. The van der Waals surface area contributed by atoms with Crippen LogP contribution in [-0.2, 0) is 16.1 Å². The van der Waals surface area contributed by atoms with Crippen molar-refractivity contribution in [3.8, 4) is 5.75 Å². The Bertz CT molecular complexity index is 1450. The number of benzene rings is 3. The first-order valence-electron chi connectivity index (χ1n) is 11.1. The van der Waals surface area contributed by atoms with Crippen LogP contribution in [-0.4, -0.2) is 34.9 Å². The minimum atomic E-state index is -1.12. The van der Waals surface area contributed by atoms with Gasteiger partial charge in [-0.15, -0.1) is 0 Å². The molecule has 1 amide bonds. The molecule has 0 fully saturated rings. The molecule has 35 heavy (non-hydrogen) atoms. The molecule has 8 nitrogen and oxygen atoms in total. The second-order valence-corrected chi connectivity index (χ2v) is 8.08. The predicted octanol–water partition coefficient (Wildman–Crippen LogP) is 3.95. The smallest absolute Gasteiger partial charge is 0.360 e. The summed E-state index contributed by atoms with van der Waals surface area (Å²) in [6.07, 6.45) is -1.12. The molecule has 0 aliphatic carbocycles. The van der Waals surface area contributed by atoms with E-state index in [1.54, 1.807) is 36.4 Å². The monoisotopic (exact) mass is 471 g/mol. The number of aryl methyl sites for hydroxylation is 1. The number of rotatable bonds is 7. The van der Waals surface area contributed by atoms with E-state index >= 15 is 0 Å². The summed E-state index contributed by atoms with van der Waals surface area (Å²) in [6, 6.07) is 21.4. The molecule has 4 rings (SSSR count). The van der Waals surface area contributed by atoms with Crippen molar-refractivity contribution >= 4 is 28.3 Å². The van der Waals surface area contributed by atoms with Crippen LogP contribution in [0.2, 0.25) is 0 Å². The molecule has 1 unspecified atom stereocenters. The van der Waals surface area contributed by atoms with Gasteiger partial charge in [0.15, 0.2) is 11.8 Å². The number of carbonyl (C=O) groups excluding carboxylic acids is 2. The van der Waals surface area contributed by atoms with Crippen LogP contribution < -0.4 is 15.6 Å². The zero-order chi connectivity index (χ0) is 24.9. The molecule has 0 aliphatic rings. The van der Waals surface area contributed by atoms with Gasteiger partial charge in [0.25, 0.3) is 11.5 Å². The molecule has 0 saturated carbocycles. The summed E-state index contributed by atoms with van der Waals surface area (Å²) in [4.78, 5) is 38.9. The van der Waals surface area contributed by atoms with E-state index in [-0.39, 0.29) is 17.8 Å². The molecule has 0 bridgehead atoms. The lowest BCUT2D eigenvalue weighted by Crippen LogP contribution is -2.32. The van der Waals surface area contributed by atoms with Crippen molar-refractivity contribution in [2.45, 2.75) is 26.5 Å². The van der Waals surface area contributed by atoms with E-state index in [1.807, 2.05) is 43.3 Å². The number of hydrogen-bond donors (Lipinski definition) is 1. The number of ether oxygens (including phenoxy) is 2. The van der Waals surface area contributed by atoms with Gasteiger partial charge in [-0.2, -0.15) is 5.10 Å². The molecule has 0 saturated heterocycles. The number of carbonyl (C=O) groups is 2. The van der Waals surface area contributed by atoms with E-state index in [1.165, 1.54) is 18.7 Å². The molecule has 1 atom stereocenters. The molecule has 1 aromatic heterocycles. The van der Waals surface area contributed by atoms with Crippen molar-refractivity contribution in [2.24, 2.45) is 0 Å². The highest BCUT2D eigenvalue weighted by molar-refractivity contribution is 6.04. The van der Waals surface area contributed by atoms with Crippen molar-refractivity contribution in [1.29, 1.82) is 0 Å². The maximum atomic E-state index is 13.1. The number of hydrogen-bond acceptors (Lipinski definition) is 6. The lowest BCUT2D eigenvalue weighted by atomic mass is 10.1. The predicted molar refractivity (Wildman–Crippen MR) is 133 cm³/mol. The number of anilines is 1. The van der Waals surface area contributed by atoms with Crippen molar-refractivity contribution < 1.29 is 19.1 Å². The zero-order valence-corrected chi connectivity index (χ0v) is 19.6. The van der Waals surface area contributed by atoms with Crippen molar-refractivity contribution in [2.75, 3.05) is 12.4 Å². The molecule has 1 heterocycles. The average Bonchev–Trinajstić information content (AvgIpc) is 2.86. The minimum Gasteiger partial charge on any atom is -0.495 e. The van der Waals surface area contributed by atoms with E-state index in [4.69, 9.17) is 9.47 Å². The lowest BCUT2D eigenvalue weighted by molar-refractivity contribution is -0.123. The number of esters is 1. The average molecular weight is 472 g/mol. The van der Waals surface area contributed by atoms with Crippen molar-refractivity contribution in [3.63, 3.8) is 0 Å². The summed E-state index contributed by atoms with van der Waals surface area (Å²) >= 11 is 0. The SMILES string of the molecule is COc1ccc(C)cc1NC(=O)C(C)OC(=O)c1nn(Cc2ccccc2)c(=O)c2ccccc12. The third-order valence-electron chi connectivity index (χ3n) is 5.50. The summed E-state index contributed by atoms with van der Waals surface area (Å²) in [6.45, 7) is 3.55. The topological polar surface area (TPSA) is 99.5 Å². The highest BCUT2D eigenvalue weighted by Gasteiger charge is 2.24. The normalized spacial score (nSPS) is 11.6. The number of nitrogens with zero attached hydrogens (tertiary/aromatic N) is 2. The standard InChI is InChI=1S/C27H25N3O5/c1-17-13-14-23(34-3)22(15-17)28-25(31)18(2)35-27(33)24-20-11-7-8-12-21(20)26(32)30(29-24)16-19-9-5-4-6-10-19/h4-15,18H,16H2,1-3H3,(H,28,31). The van der Waals surface area contributed by atoms with Crippen molar-refractivity contribution in [1.82, 2.24) is 9.78 Å². The van der Waals surface area contributed by atoms with Gasteiger partial charge in [0, 0.05) is 5.39 Å². The van der Waals surface area contributed by atoms with Crippen LogP contribution in [0, 0.1) is 6.92 Å². The maximum Gasteiger partial charge on any atom is 0.360 e. The molecule has 3 aromatic carbocycles. The van der Waals surface area contributed by atoms with Gasteiger partial charge < -0.3 is 14.8 Å². The largest absolute Gasteiger partial charge is 0.495 e. The van der Waals surface area contributed by atoms with Crippen LogP contribution in [0.3, 0.4) is 0 Å². The van der Waals surface area contributed by atoms with Crippen LogP contribution in [0.1, 0.15) is 28.5 Å². The van der Waals surface area contributed by atoms with Gasteiger partial charge in [-0.3, -0.25) is 9.59 Å². The molecule has 0 radical (unpaired) electrons. The zero-order valence-electron chi connectivity index (χ0n) is 19.6. The molecule has 178 valence electrons. The summed E-state index contributed by atoms with van der Waals surface area (Å²) in [5.74, 6) is -0.839. The van der Waals surface area contributed by atoms with Crippen LogP contribution in [0.5, 0.6) is 5.75 Å². The maximum absolute atomic E-state index is 13.1. The van der Waals surface area contributed by atoms with Gasteiger partial charge in [0.1, 0.15) is 5.75 Å². The number of methoxy groups -OCH3 is 1. The highest BCUT2D eigenvalue weighted by atomic mass is 16.5. The Morgan fingerprint density at radius 2 is 1.69 bits per heavy atom. The Labute approximate surface area is 202 Å². The van der Waals surface area contributed by atoms with Gasteiger partial charge in [0.2, 0.25) is 0 Å². The fourth-order valence-corrected chi connectivity index (χ4v) is 3.67. The number of fused-ring (bicyclic) bond motifs is 1. The third kappa shape index (κ3) is 5.22. The number of amides is 1. The summed E-state index contributed by atoms with van der Waals surface area (Å²) in [5, 5.41) is 7.74. The second-order valence-electron chi connectivity index (χ2n) is 8.08. The molecule has 4 aromatic rings. The van der Waals surface area contributed by atoms with Crippen LogP contribution in [0.15, 0.2) is 77.6 Å². The minimum absolute atomic E-state index is 0.0380. The van der Waals surface area contributed by atoms with E-state index < -0.39 is 18.0 Å². The first-order valence-corrected chi connectivity index (χ1v) is 11.1. The molecule has 0 aliphatic heterocycles. The van der Waals surface area contributed by atoms with Crippen LogP contribution >= 0.6 is 0 Å². The van der Waals surface area contributed by atoms with Gasteiger partial charge in [-0.05, 0) is 43.2 Å². The highest BCUT2D eigenvalue weighted by Crippen LogP contribution is 2.25. The van der Waals surface area contributed by atoms with Crippen molar-refractivity contribution in [3.05, 3.63) is 100.0 Å². The number of nitrogens with one attached hydrogen (secondary N) is 1. The lowest BCUT2D eigenvalue weighted by Gasteiger charge is -2.16. The van der Waals surface area contributed by atoms with Crippen LogP contribution in [0.25, 0.3) is 10.8 Å². The Kier molecular flexibility index (Phi) is 6.91. The van der Waals surface area contributed by atoms with E-state index in [0.717, 1.165) is 11.1 Å². The first kappa shape index (κ1) is 23.7. The third-order valence-corrected chi connectivity index (χ3v) is 5.50. The first-order chi connectivity index (χ1) is 16.9. The molecule has 1 N–H and O–H groups in total. The van der Waals surface area contributed by atoms with Gasteiger partial charge in [-0.25, -0.2) is 9.48 Å². The Hall–Kier alpha value is -4.46. The quantitative estimate of drug-likeness (QED) is 0.410. The summed E-state index contributed by atoms with van der Waals surface area (Å²) in [5.41, 5.74) is 1.90. The molecular formula is C27H25N3O5. The summed E-state index contributed by atoms with van der Waals surface area (Å²) in [7, 11) is 1.50. The van der Waals surface area contributed by atoms with E-state index in [2.05, 4.69) is 10.4 Å². The van der Waals surface area contributed by atoms with Gasteiger partial charge in [-0.1, -0.05) is 54.6 Å². The Balaban J connectivity index is 1.60. The Morgan fingerprint density at radius 3 is 2.40 bits per heavy atom. The fraction of sp³-hybridized carbons (Fsp3) is 0.185. The summed E-state index contributed by atoms with van der Waals surface area (Å²) < 4.78 is 12.0. The molecular weight excluding hydrogens is 446 g/mol. The van der Waals surface area contributed by atoms with E-state index in [0.29, 0.717) is 22.2 Å². The van der Waals surface area contributed by atoms with E-state index in [9.17, 15) is 14.4 Å². The second kappa shape index (κ2) is 10.2. The molecule has 8 heteroatoms. The molecule has 0 spiro atoms. The fourth-order valence-electron chi connectivity index (χ4n) is 3.67. The van der Waals surface area contributed by atoms with Gasteiger partial charge in [0.05, 0.1) is 24.7 Å². The van der Waals surface area contributed by atoms with Gasteiger partial charge >= 0.3 is 5.97 Å².